The normalized spacial score (nSPS) is 20.3. The van der Waals surface area contributed by atoms with Crippen LogP contribution in [0.1, 0.15) is 94.7 Å². The van der Waals surface area contributed by atoms with Crippen LogP contribution in [0, 0.1) is 18.8 Å². The number of aromatic amines is 1. The van der Waals surface area contributed by atoms with Gasteiger partial charge in [0.15, 0.2) is 5.69 Å². The van der Waals surface area contributed by atoms with Gasteiger partial charge in [0.1, 0.15) is 22.5 Å². The molecule has 4 amide bonds. The number of thiazole rings is 1. The lowest BCUT2D eigenvalue weighted by Gasteiger charge is -2.28. The largest absolute Gasteiger partial charge is 0.443 e. The van der Waals surface area contributed by atoms with Gasteiger partial charge < -0.3 is 30.3 Å². The molecule has 4 bridgehead atoms. The zero-order chi connectivity index (χ0) is 31.7. The average molecular weight is 621 g/mol. The van der Waals surface area contributed by atoms with E-state index in [1.165, 1.54) is 16.2 Å². The molecule has 1 aliphatic rings. The van der Waals surface area contributed by atoms with Gasteiger partial charge in [-0.05, 0) is 43.9 Å². The van der Waals surface area contributed by atoms with E-state index in [1.54, 1.807) is 43.8 Å². The topological polar surface area (TPSA) is 175 Å². The van der Waals surface area contributed by atoms with Crippen molar-refractivity contribution in [3.05, 3.63) is 63.5 Å². The molecule has 13 nitrogen and oxygen atoms in total. The van der Waals surface area contributed by atoms with E-state index in [-0.39, 0.29) is 48.1 Å². The number of fused-ring (bicyclic) bond motifs is 5. The summed E-state index contributed by atoms with van der Waals surface area (Å²) in [5.74, 6) is -1.40. The maximum atomic E-state index is 13.8. The summed E-state index contributed by atoms with van der Waals surface area (Å²) in [6.45, 7) is 10.8. The van der Waals surface area contributed by atoms with Crippen LogP contribution in [0.5, 0.6) is 0 Å². The third kappa shape index (κ3) is 6.49. The summed E-state index contributed by atoms with van der Waals surface area (Å²) in [7, 11) is 0. The Labute approximate surface area is 258 Å². The molecule has 14 heteroatoms. The standard InChI is InChI=1S/C30H36N8O5S/c1-14(2)23-28-37-25(17(6)43-28)27(41)33-16(5)10-38(30(42)18-7-8-19-20(9-18)32-13-31-19)11-22(39)35-24(15(3)4)29-34-21(12-44-29)26(40)36-23/h7-9,12-16,23-24H,10-11H2,1-6H3,(H,31,32)(H,33,41)(H,35,39)(H,36,40)/t16-,23-,24+/m1/s1. The third-order valence-corrected chi connectivity index (χ3v) is 8.34. The van der Waals surface area contributed by atoms with E-state index in [0.29, 0.717) is 27.4 Å². The van der Waals surface area contributed by atoms with Gasteiger partial charge in [0.25, 0.3) is 17.7 Å². The summed E-state index contributed by atoms with van der Waals surface area (Å²) in [5.41, 5.74) is 2.02. The Bertz CT molecular complexity index is 1710. The molecule has 0 saturated heterocycles. The van der Waals surface area contributed by atoms with E-state index in [4.69, 9.17) is 4.42 Å². The van der Waals surface area contributed by atoms with Crippen LogP contribution in [0.2, 0.25) is 0 Å². The zero-order valence-electron chi connectivity index (χ0n) is 25.4. The second-order valence-electron chi connectivity index (χ2n) is 11.7. The van der Waals surface area contributed by atoms with Crippen molar-refractivity contribution in [1.82, 2.24) is 40.8 Å². The lowest BCUT2D eigenvalue weighted by Crippen LogP contribution is -2.48. The second kappa shape index (κ2) is 12.6. The number of amides is 4. The van der Waals surface area contributed by atoms with Crippen molar-refractivity contribution in [2.24, 2.45) is 11.8 Å². The molecule has 1 aliphatic heterocycles. The van der Waals surface area contributed by atoms with E-state index in [1.807, 2.05) is 27.7 Å². The number of hydrogen-bond donors (Lipinski definition) is 4. The van der Waals surface area contributed by atoms with Crippen LogP contribution in [0.3, 0.4) is 0 Å². The number of imidazole rings is 1. The third-order valence-electron chi connectivity index (χ3n) is 7.41. The van der Waals surface area contributed by atoms with Crippen LogP contribution in [-0.2, 0) is 4.79 Å². The fourth-order valence-corrected chi connectivity index (χ4v) is 6.09. The number of nitrogens with one attached hydrogen (secondary N) is 4. The van der Waals surface area contributed by atoms with E-state index in [0.717, 1.165) is 0 Å². The summed E-state index contributed by atoms with van der Waals surface area (Å²) >= 11 is 1.27. The van der Waals surface area contributed by atoms with Crippen molar-refractivity contribution in [3.8, 4) is 0 Å². The van der Waals surface area contributed by atoms with E-state index in [2.05, 4.69) is 35.9 Å². The number of H-pyrrole nitrogens is 1. The van der Waals surface area contributed by atoms with Crippen molar-refractivity contribution in [2.75, 3.05) is 13.1 Å². The molecular formula is C30H36N8O5S. The number of aromatic nitrogens is 4. The summed E-state index contributed by atoms with van der Waals surface area (Å²) < 4.78 is 5.87. The molecule has 0 unspecified atom stereocenters. The van der Waals surface area contributed by atoms with Crippen molar-refractivity contribution >= 4 is 46.0 Å². The Balaban J connectivity index is 1.52. The molecule has 3 atom stereocenters. The molecule has 0 aliphatic carbocycles. The molecule has 44 heavy (non-hydrogen) atoms. The number of carbonyl (C=O) groups excluding carboxylic acids is 4. The minimum absolute atomic E-state index is 0.0428. The van der Waals surface area contributed by atoms with Crippen LogP contribution < -0.4 is 16.0 Å². The van der Waals surface area contributed by atoms with Crippen LogP contribution in [-0.4, -0.2) is 67.6 Å². The lowest BCUT2D eigenvalue weighted by molar-refractivity contribution is -0.122. The van der Waals surface area contributed by atoms with Crippen molar-refractivity contribution in [3.63, 3.8) is 0 Å². The lowest BCUT2D eigenvalue weighted by atomic mass is 10.0. The Kier molecular flexibility index (Phi) is 8.81. The highest BCUT2D eigenvalue weighted by molar-refractivity contribution is 7.09. The fourth-order valence-electron chi connectivity index (χ4n) is 5.07. The maximum absolute atomic E-state index is 13.8. The fraction of sp³-hybridized carbons (Fsp3) is 0.433. The number of aryl methyl sites for hydroxylation is 1. The molecule has 232 valence electrons. The maximum Gasteiger partial charge on any atom is 0.273 e. The van der Waals surface area contributed by atoms with Gasteiger partial charge in [0, 0.05) is 23.5 Å². The number of benzene rings is 1. The Hall–Kier alpha value is -4.59. The molecule has 0 radical (unpaired) electrons. The van der Waals surface area contributed by atoms with Gasteiger partial charge in [-0.25, -0.2) is 15.0 Å². The highest BCUT2D eigenvalue weighted by Crippen LogP contribution is 2.27. The smallest absolute Gasteiger partial charge is 0.273 e. The molecule has 4 heterocycles. The first-order valence-electron chi connectivity index (χ1n) is 14.5. The predicted molar refractivity (Wildman–Crippen MR) is 163 cm³/mol. The average Bonchev–Trinajstić information content (AvgIpc) is 3.72. The second-order valence-corrected chi connectivity index (χ2v) is 12.6. The Morgan fingerprint density at radius 1 is 1.02 bits per heavy atom. The monoisotopic (exact) mass is 620 g/mol. The summed E-state index contributed by atoms with van der Waals surface area (Å²) in [6, 6.07) is 3.39. The van der Waals surface area contributed by atoms with Gasteiger partial charge in [-0.15, -0.1) is 11.3 Å². The van der Waals surface area contributed by atoms with Gasteiger partial charge >= 0.3 is 0 Å². The number of carbonyl (C=O) groups is 4. The number of hydrogen-bond acceptors (Lipinski definition) is 9. The number of rotatable bonds is 3. The van der Waals surface area contributed by atoms with E-state index >= 15 is 0 Å². The highest BCUT2D eigenvalue weighted by atomic mass is 32.1. The molecular weight excluding hydrogens is 584 g/mol. The molecule has 0 spiro atoms. The molecule has 4 aromatic rings. The van der Waals surface area contributed by atoms with Gasteiger partial charge in [0.2, 0.25) is 11.8 Å². The Morgan fingerprint density at radius 2 is 1.77 bits per heavy atom. The van der Waals surface area contributed by atoms with Gasteiger partial charge in [-0.2, -0.15) is 0 Å². The van der Waals surface area contributed by atoms with Crippen LogP contribution in [0.25, 0.3) is 11.0 Å². The van der Waals surface area contributed by atoms with E-state index < -0.39 is 35.8 Å². The van der Waals surface area contributed by atoms with Crippen molar-refractivity contribution in [1.29, 1.82) is 0 Å². The molecule has 0 fully saturated rings. The summed E-state index contributed by atoms with van der Waals surface area (Å²) in [4.78, 5) is 71.4. The SMILES string of the molecule is Cc1oc2nc1C(=O)N[C@H](C)CN(C(=O)c1ccc3nc[nH]c3c1)CC(=O)N[C@@H](C(C)C)c1nc(cs1)C(=O)N[C@@H]2C(C)C. The molecule has 1 aromatic carbocycles. The molecule has 0 saturated carbocycles. The van der Waals surface area contributed by atoms with Crippen LogP contribution in [0.4, 0.5) is 0 Å². The first-order valence-corrected chi connectivity index (χ1v) is 15.4. The highest BCUT2D eigenvalue weighted by Gasteiger charge is 2.31. The van der Waals surface area contributed by atoms with Crippen LogP contribution >= 0.6 is 11.3 Å². The predicted octanol–water partition coefficient (Wildman–Crippen LogP) is 3.53. The van der Waals surface area contributed by atoms with E-state index in [9.17, 15) is 19.2 Å². The summed E-state index contributed by atoms with van der Waals surface area (Å²) in [6.07, 6.45) is 1.54. The minimum Gasteiger partial charge on any atom is -0.443 e. The van der Waals surface area contributed by atoms with Gasteiger partial charge in [-0.3, -0.25) is 19.2 Å². The van der Waals surface area contributed by atoms with Gasteiger partial charge in [0.05, 0.1) is 29.9 Å². The first kappa shape index (κ1) is 30.9. The van der Waals surface area contributed by atoms with Crippen molar-refractivity contribution in [2.45, 2.75) is 59.7 Å². The molecule has 5 rings (SSSR count). The number of oxazole rings is 1. The van der Waals surface area contributed by atoms with Crippen molar-refractivity contribution < 1.29 is 23.6 Å². The molecule has 4 N–H and O–H groups in total. The zero-order valence-corrected chi connectivity index (χ0v) is 26.2. The molecule has 3 aromatic heterocycles. The quantitative estimate of drug-likeness (QED) is 0.269. The first-order chi connectivity index (χ1) is 20.9. The summed E-state index contributed by atoms with van der Waals surface area (Å²) in [5, 5.41) is 11.0. The minimum atomic E-state index is -0.620. The van der Waals surface area contributed by atoms with Gasteiger partial charge in [-0.1, -0.05) is 27.7 Å². The Morgan fingerprint density at radius 3 is 2.50 bits per heavy atom. The number of nitrogens with zero attached hydrogens (tertiary/aromatic N) is 4. The van der Waals surface area contributed by atoms with Crippen LogP contribution in [0.15, 0.2) is 34.3 Å².